The number of ketones is 1. The summed E-state index contributed by atoms with van der Waals surface area (Å²) in [5.74, 6) is -2.58. The Bertz CT molecular complexity index is 4920. The first kappa shape index (κ1) is 85.0. The molecule has 0 aliphatic carbocycles. The van der Waals surface area contributed by atoms with Crippen LogP contribution in [0.3, 0.4) is 0 Å². The smallest absolute Gasteiger partial charge is 0.476 e. The molecule has 0 spiro atoms. The number of nitrogens with two attached hydrogens (primary N) is 5. The van der Waals surface area contributed by atoms with E-state index in [2.05, 4.69) is 74.3 Å². The predicted molar refractivity (Wildman–Crippen MR) is 399 cm³/mol. The number of esters is 2. The van der Waals surface area contributed by atoms with Crippen molar-refractivity contribution in [3.05, 3.63) is 174 Å². The number of aromatic carboxylic acids is 1. The molecule has 13 N–H and O–H groups in total. The van der Waals surface area contributed by atoms with Gasteiger partial charge in [0.05, 0.1) is 80.5 Å². The van der Waals surface area contributed by atoms with Gasteiger partial charge < -0.3 is 71.4 Å². The number of hydrogen-bond acceptors (Lipinski definition) is 35. The first-order chi connectivity index (χ1) is 48.4. The summed E-state index contributed by atoms with van der Waals surface area (Å²) < 4.78 is 101. The molecule has 8 heterocycles. The van der Waals surface area contributed by atoms with Crippen LogP contribution >= 0.6 is 76.5 Å². The molecule has 103 heavy (non-hydrogen) atoms. The van der Waals surface area contributed by atoms with E-state index >= 15 is 0 Å². The Balaban J connectivity index is 0.000000233. The van der Waals surface area contributed by atoms with Gasteiger partial charge in [0.2, 0.25) is 0 Å². The predicted octanol–water partition coefficient (Wildman–Crippen LogP) is 9.24. The largest absolute Gasteiger partial charge is 0.499 e. The van der Waals surface area contributed by atoms with Gasteiger partial charge in [0.15, 0.2) is 76.8 Å². The maximum Gasteiger partial charge on any atom is 0.499 e. The van der Waals surface area contributed by atoms with E-state index in [1.165, 1.54) is 120 Å². The SMILES string of the molecule is COC(=O)c1nc(-c2ccc(C)s2)cnc1N.COC(=O)c1nc(Br)cnc1N.COP(=O)(CS(=O)(=O)c1ccc(CC(=O)c2nc(-c3ccc(C)s3)cnc2N)cc1)OC.COP(=O)(CS(=O)(=O)c1ccc(N)cc1)OC.Cc1ccc(-c2cnc(N)c(C(=O)O)n2)s1.Cc1ccc(B(O)O)s1. The van der Waals surface area contributed by atoms with E-state index in [-0.39, 0.29) is 68.0 Å². The fourth-order valence-corrected chi connectivity index (χ4v) is 18.9. The Kier molecular flexibility index (Phi) is 31.9. The molecule has 0 fully saturated rings. The lowest BCUT2D eigenvalue weighted by Gasteiger charge is -2.14. The highest BCUT2D eigenvalue weighted by Gasteiger charge is 2.33. The first-order valence-electron chi connectivity index (χ1n) is 29.0. The van der Waals surface area contributed by atoms with Gasteiger partial charge in [0.1, 0.15) is 10.3 Å². The van der Waals surface area contributed by atoms with Gasteiger partial charge in [-0.05, 0) is 128 Å². The van der Waals surface area contributed by atoms with E-state index in [0.717, 1.165) is 57.7 Å². The van der Waals surface area contributed by atoms with Gasteiger partial charge in [-0.1, -0.05) is 18.2 Å². The van der Waals surface area contributed by atoms with Gasteiger partial charge >= 0.3 is 40.2 Å². The van der Waals surface area contributed by atoms with Crippen LogP contribution in [0.1, 0.15) is 67.0 Å². The van der Waals surface area contributed by atoms with Gasteiger partial charge in [-0.25, -0.2) is 71.1 Å². The lowest BCUT2D eigenvalue weighted by Crippen LogP contribution is -2.26. The van der Waals surface area contributed by atoms with E-state index in [0.29, 0.717) is 37.7 Å². The van der Waals surface area contributed by atoms with Crippen LogP contribution in [0.5, 0.6) is 0 Å². The normalized spacial score (nSPS) is 11.1. The molecule has 10 aromatic rings. The second-order valence-corrected chi connectivity index (χ2v) is 35.9. The molecule has 8 aromatic heterocycles. The number of nitrogens with zero attached hydrogens (tertiary/aromatic N) is 8. The molecule has 42 heteroatoms. The zero-order chi connectivity index (χ0) is 76.7. The van der Waals surface area contributed by atoms with Gasteiger partial charge in [0.25, 0.3) is 0 Å². The van der Waals surface area contributed by atoms with E-state index in [1.54, 1.807) is 23.6 Å². The summed E-state index contributed by atoms with van der Waals surface area (Å²) in [5.41, 5.74) is 28.9. The minimum Gasteiger partial charge on any atom is -0.476 e. The highest BCUT2D eigenvalue weighted by atomic mass is 79.9. The van der Waals surface area contributed by atoms with Crippen LogP contribution in [0.2, 0.25) is 0 Å². The van der Waals surface area contributed by atoms with Crippen LogP contribution in [-0.2, 0) is 62.8 Å². The topological polar surface area (TPSA) is 520 Å². The van der Waals surface area contributed by atoms with Crippen molar-refractivity contribution < 1.29 is 87.9 Å². The molecule has 0 radical (unpaired) electrons. The minimum atomic E-state index is -3.92. The quantitative estimate of drug-likeness (QED) is 0.0116. The first-order valence-corrected chi connectivity index (χ1v) is 39.8. The van der Waals surface area contributed by atoms with Gasteiger partial charge in [-0.3, -0.25) is 13.9 Å². The number of rotatable bonds is 20. The summed E-state index contributed by atoms with van der Waals surface area (Å²) in [7, 11) is -9.23. The number of carbonyl (C=O) groups is 4. The second-order valence-electron chi connectivity index (χ2n) is 20.5. The van der Waals surface area contributed by atoms with Crippen molar-refractivity contribution in [1.82, 2.24) is 39.9 Å². The van der Waals surface area contributed by atoms with Crippen LogP contribution < -0.4 is 33.4 Å². The number of carboxylic acid groups (broad SMARTS) is 1. The third-order valence-electron chi connectivity index (χ3n) is 13.0. The van der Waals surface area contributed by atoms with Crippen LogP contribution in [0, 0.1) is 27.7 Å². The summed E-state index contributed by atoms with van der Waals surface area (Å²) in [6, 6.07) is 26.5. The fourth-order valence-electron chi connectivity index (χ4n) is 7.78. The molecule has 0 aliphatic rings. The number of aromatic nitrogens is 8. The number of halogens is 1. The molecule has 2 aromatic carbocycles. The number of hydrogen-bond donors (Lipinski definition) is 8. The number of sulfone groups is 2. The lowest BCUT2D eigenvalue weighted by molar-refractivity contribution is 0.0586. The third kappa shape index (κ3) is 25.3. The maximum atomic E-state index is 12.8. The number of carbonyl (C=O) groups excluding carboxylic acids is 3. The number of anilines is 5. The Hall–Kier alpha value is -8.70. The van der Waals surface area contributed by atoms with Crippen LogP contribution in [0.15, 0.2) is 136 Å². The van der Waals surface area contributed by atoms with E-state index in [9.17, 15) is 45.1 Å². The van der Waals surface area contributed by atoms with Gasteiger partial charge in [-0.15, -0.1) is 45.3 Å². The number of carboxylic acids is 1. The number of nitrogen functional groups attached to an aromatic ring is 5. The molecule has 0 saturated heterocycles. The monoisotopic (exact) mass is 1630 g/mol. The third-order valence-corrected chi connectivity index (χ3v) is 27.0. The van der Waals surface area contributed by atoms with Crippen molar-refractivity contribution in [3.8, 4) is 31.7 Å². The average molecular weight is 1630 g/mol. The standard InChI is InChI=1S/C20H22N3O6PS2.C11H11N3O2S.C10H9N3O2S.C9H14NO5PS.C6H6BrN3O2.C5H7BO2S/c1-13-4-9-18(31-13)16-11-22-20(21)19(23-16)17(24)10-14-5-7-15(8-6-14)32(26,27)12-30(25,28-2)29-3;1-6-3-4-8(17-6)7-5-13-10(12)9(14-7)11(15)16-2;1-5-2-3-7(16-5)6-4-12-9(11)8(13-6)10(14)15;1-14-16(11,15-2)7-17(12,13)9-5-3-8(10)4-6-9;1-12-6(11)4-5(8)9-2-3(7)10-4;1-4-2-3-5(9-4)6(7)8/h4-9,11H,10,12H2,1-3H3,(H2,21,22);3-5H,1-2H3,(H2,12,13);2-4H,1H3,(H2,11,12)(H,14,15);3-6H,7,10H2,1-2H3;2H,1H3,(H2,8,9);2-3,7-8H,1H3. The molecular weight excluding hydrogens is 1560 g/mol. The van der Waals surface area contributed by atoms with Crippen molar-refractivity contribution in [2.45, 2.75) is 43.9 Å². The van der Waals surface area contributed by atoms with Crippen LogP contribution in [0.25, 0.3) is 31.7 Å². The number of ether oxygens (including phenoxy) is 2. The van der Waals surface area contributed by atoms with Crippen molar-refractivity contribution in [2.75, 3.05) is 82.3 Å². The number of benzene rings is 2. The zero-order valence-corrected chi connectivity index (χ0v) is 64.6. The van der Waals surface area contributed by atoms with Crippen LogP contribution in [0.4, 0.5) is 29.0 Å². The Labute approximate surface area is 616 Å². The van der Waals surface area contributed by atoms with Gasteiger partial charge in [-0.2, -0.15) is 0 Å². The molecular formula is C61H69BBrN13O19P2S6. The van der Waals surface area contributed by atoms with Crippen LogP contribution in [-0.4, -0.2) is 156 Å². The Morgan fingerprint density at radius 2 is 0.816 bits per heavy atom. The van der Waals surface area contributed by atoms with Crippen molar-refractivity contribution in [2.24, 2.45) is 0 Å². The molecule has 10 rings (SSSR count). The average Bonchev–Trinajstić information content (AvgIpc) is 1.61. The molecule has 0 bridgehead atoms. The van der Waals surface area contributed by atoms with Crippen molar-refractivity contribution in [1.29, 1.82) is 0 Å². The Morgan fingerprint density at radius 3 is 1.16 bits per heavy atom. The number of aryl methyl sites for hydroxylation is 4. The summed E-state index contributed by atoms with van der Waals surface area (Å²) in [6.45, 7) is 7.87. The second kappa shape index (κ2) is 38.7. The number of Topliss-reactive ketones (excluding diaryl/α,β-unsaturated/α-hetero) is 1. The minimum absolute atomic E-state index is 0.0203. The fraction of sp³-hybridized carbons (Fsp3) is 0.213. The van der Waals surface area contributed by atoms with Crippen molar-refractivity contribution >= 4 is 161 Å². The zero-order valence-electron chi connectivity index (χ0n) is 56.3. The molecule has 0 saturated carbocycles. The molecule has 548 valence electrons. The van der Waals surface area contributed by atoms with E-state index < -0.39 is 70.9 Å². The van der Waals surface area contributed by atoms with E-state index in [1.807, 2.05) is 70.2 Å². The van der Waals surface area contributed by atoms with E-state index in [4.69, 9.17) is 52.9 Å². The molecule has 32 nitrogen and oxygen atoms in total. The van der Waals surface area contributed by atoms with Gasteiger partial charge in [0, 0.05) is 64.8 Å². The Morgan fingerprint density at radius 1 is 0.476 bits per heavy atom. The lowest BCUT2D eigenvalue weighted by atomic mass is 9.90. The highest BCUT2D eigenvalue weighted by Crippen LogP contribution is 2.49. The molecule has 0 amide bonds. The summed E-state index contributed by atoms with van der Waals surface area (Å²) in [4.78, 5) is 85.1. The number of methoxy groups -OCH3 is 2. The number of thiophene rings is 4. The molecule has 0 atom stereocenters. The summed E-state index contributed by atoms with van der Waals surface area (Å²) in [5, 5.41) is 26.1. The maximum absolute atomic E-state index is 12.8. The highest BCUT2D eigenvalue weighted by molar-refractivity contribution is 9.10. The molecule has 0 aliphatic heterocycles. The van der Waals surface area contributed by atoms with Crippen molar-refractivity contribution in [3.63, 3.8) is 0 Å². The molecule has 0 unspecified atom stereocenters. The summed E-state index contributed by atoms with van der Waals surface area (Å²) >= 11 is 9.10. The summed E-state index contributed by atoms with van der Waals surface area (Å²) in [6.07, 6.45) is 5.92.